The zero-order valence-corrected chi connectivity index (χ0v) is 15.5. The lowest BCUT2D eigenvalue weighted by Crippen LogP contribution is -2.54. The molecular formula is C15H24N4O7S. The van der Waals surface area contributed by atoms with Crippen molar-refractivity contribution in [1.29, 1.82) is 0 Å². The van der Waals surface area contributed by atoms with Crippen molar-refractivity contribution >= 4 is 42.3 Å². The molecule has 11 nitrogen and oxygen atoms in total. The number of carbonyl (C=O) groups is 5. The maximum atomic E-state index is 12.2. The van der Waals surface area contributed by atoms with Gasteiger partial charge in [0.15, 0.2) is 0 Å². The summed E-state index contributed by atoms with van der Waals surface area (Å²) in [7, 11) is 0. The summed E-state index contributed by atoms with van der Waals surface area (Å²) in [5.41, 5.74) is 0. The van der Waals surface area contributed by atoms with Gasteiger partial charge in [0.1, 0.15) is 12.1 Å². The highest BCUT2D eigenvalue weighted by molar-refractivity contribution is 7.80. The van der Waals surface area contributed by atoms with Crippen molar-refractivity contribution in [2.45, 2.75) is 43.8 Å². The maximum Gasteiger partial charge on any atom is 0.327 e. The second-order valence-corrected chi connectivity index (χ2v) is 6.37. The van der Waals surface area contributed by atoms with E-state index in [0.717, 1.165) is 13.0 Å². The van der Waals surface area contributed by atoms with Crippen LogP contribution in [0.15, 0.2) is 0 Å². The van der Waals surface area contributed by atoms with Gasteiger partial charge in [-0.1, -0.05) is 0 Å². The van der Waals surface area contributed by atoms with Gasteiger partial charge in [-0.15, -0.1) is 0 Å². The second kappa shape index (κ2) is 11.4. The Morgan fingerprint density at radius 2 is 1.81 bits per heavy atom. The summed E-state index contributed by atoms with van der Waals surface area (Å²) in [6.07, 6.45) is 0.883. The Balaban J connectivity index is 2.59. The Hall–Kier alpha value is -2.34. The molecule has 0 aliphatic carbocycles. The largest absolute Gasteiger partial charge is 0.481 e. The summed E-state index contributed by atoms with van der Waals surface area (Å²) >= 11 is 3.82. The molecular weight excluding hydrogens is 380 g/mol. The Morgan fingerprint density at radius 1 is 1.11 bits per heavy atom. The van der Waals surface area contributed by atoms with Crippen molar-refractivity contribution in [2.75, 3.05) is 18.8 Å². The fourth-order valence-corrected chi connectivity index (χ4v) is 2.69. The van der Waals surface area contributed by atoms with Crippen LogP contribution in [-0.4, -0.2) is 76.8 Å². The van der Waals surface area contributed by atoms with Crippen LogP contribution in [0, 0.1) is 0 Å². The number of thiol groups is 1. The fourth-order valence-electron chi connectivity index (χ4n) is 2.44. The third-order valence-electron chi connectivity index (χ3n) is 3.90. The van der Waals surface area contributed by atoms with Crippen molar-refractivity contribution in [1.82, 2.24) is 21.3 Å². The minimum absolute atomic E-state index is 0.175. The van der Waals surface area contributed by atoms with Gasteiger partial charge in [-0.3, -0.25) is 19.2 Å². The predicted molar refractivity (Wildman–Crippen MR) is 96.3 cm³/mol. The van der Waals surface area contributed by atoms with E-state index in [9.17, 15) is 24.0 Å². The van der Waals surface area contributed by atoms with Gasteiger partial charge in [-0.25, -0.2) is 4.79 Å². The van der Waals surface area contributed by atoms with Crippen molar-refractivity contribution in [3.8, 4) is 0 Å². The number of hydrogen-bond acceptors (Lipinski definition) is 7. The molecule has 1 heterocycles. The lowest BCUT2D eigenvalue weighted by atomic mass is 10.1. The van der Waals surface area contributed by atoms with Crippen molar-refractivity contribution in [3.63, 3.8) is 0 Å². The molecule has 1 fully saturated rings. The molecule has 0 radical (unpaired) electrons. The van der Waals surface area contributed by atoms with E-state index in [-0.39, 0.29) is 30.7 Å². The number of amides is 3. The average Bonchev–Trinajstić information content (AvgIpc) is 3.15. The van der Waals surface area contributed by atoms with E-state index in [1.54, 1.807) is 0 Å². The molecule has 3 amide bonds. The molecule has 0 aromatic heterocycles. The number of hydrogen-bond donors (Lipinski definition) is 7. The number of carboxylic acids is 2. The topological polar surface area (TPSA) is 174 Å². The first-order chi connectivity index (χ1) is 12.7. The van der Waals surface area contributed by atoms with Crippen LogP contribution in [0.1, 0.15) is 25.7 Å². The molecule has 1 rings (SSSR count). The van der Waals surface area contributed by atoms with Gasteiger partial charge in [-0.05, 0) is 25.8 Å². The van der Waals surface area contributed by atoms with E-state index in [0.29, 0.717) is 6.42 Å². The van der Waals surface area contributed by atoms with Crippen LogP contribution in [0.5, 0.6) is 0 Å². The number of carboxylic acid groups (broad SMARTS) is 2. The molecule has 152 valence electrons. The third-order valence-corrected chi connectivity index (χ3v) is 4.26. The lowest BCUT2D eigenvalue weighted by Gasteiger charge is -2.20. The van der Waals surface area contributed by atoms with Crippen LogP contribution in [0.2, 0.25) is 0 Å². The van der Waals surface area contributed by atoms with Crippen LogP contribution in [0.3, 0.4) is 0 Å². The average molecular weight is 404 g/mol. The van der Waals surface area contributed by atoms with Gasteiger partial charge in [0.2, 0.25) is 17.7 Å². The lowest BCUT2D eigenvalue weighted by molar-refractivity contribution is -0.142. The summed E-state index contributed by atoms with van der Waals surface area (Å²) < 4.78 is 0. The standard InChI is InChI=1S/C15H24N4O7S/c20-11(6-17-13(23)8-2-1-5-16-8)18-9(3-4-12(21)22)14(24)19-10(7-27)15(25)26/h8-10,16,27H,1-7H2,(H,17,23)(H,18,20)(H,19,24)(H,21,22)(H,25,26). The molecule has 0 bridgehead atoms. The maximum absolute atomic E-state index is 12.2. The molecule has 0 aromatic rings. The van der Waals surface area contributed by atoms with E-state index >= 15 is 0 Å². The first-order valence-electron chi connectivity index (χ1n) is 8.41. The SMILES string of the molecule is O=C(O)CCC(NC(=O)CNC(=O)C1CCCN1)C(=O)NC(CS)C(=O)O. The fraction of sp³-hybridized carbons (Fsp3) is 0.667. The van der Waals surface area contributed by atoms with Gasteiger partial charge in [0.05, 0.1) is 12.6 Å². The summed E-state index contributed by atoms with van der Waals surface area (Å²) in [6, 6.07) is -2.90. The van der Waals surface area contributed by atoms with Crippen LogP contribution < -0.4 is 21.3 Å². The normalized spacial score (nSPS) is 18.2. The molecule has 0 spiro atoms. The van der Waals surface area contributed by atoms with E-state index in [2.05, 4.69) is 33.9 Å². The summed E-state index contributed by atoms with van der Waals surface area (Å²) in [6.45, 7) is 0.334. The molecule has 0 aromatic carbocycles. The summed E-state index contributed by atoms with van der Waals surface area (Å²) in [4.78, 5) is 57.8. The molecule has 3 atom stereocenters. The number of carbonyl (C=O) groups excluding carboxylic acids is 3. The Kier molecular flexibility index (Phi) is 9.58. The Bertz CT molecular complexity index is 581. The van der Waals surface area contributed by atoms with Gasteiger partial charge in [-0.2, -0.15) is 12.6 Å². The molecule has 0 saturated carbocycles. The molecule has 12 heteroatoms. The van der Waals surface area contributed by atoms with Crippen LogP contribution in [0.25, 0.3) is 0 Å². The van der Waals surface area contributed by atoms with Crippen LogP contribution >= 0.6 is 12.6 Å². The highest BCUT2D eigenvalue weighted by Gasteiger charge is 2.27. The quantitative estimate of drug-likeness (QED) is 0.188. The van der Waals surface area contributed by atoms with Crippen LogP contribution in [-0.2, 0) is 24.0 Å². The van der Waals surface area contributed by atoms with Gasteiger partial charge >= 0.3 is 11.9 Å². The van der Waals surface area contributed by atoms with E-state index < -0.39 is 42.3 Å². The predicted octanol–water partition coefficient (Wildman–Crippen LogP) is -2.30. The van der Waals surface area contributed by atoms with Gasteiger partial charge < -0.3 is 31.5 Å². The third kappa shape index (κ3) is 8.26. The van der Waals surface area contributed by atoms with Crippen molar-refractivity contribution in [2.24, 2.45) is 0 Å². The highest BCUT2D eigenvalue weighted by Crippen LogP contribution is 2.04. The molecule has 1 aliphatic rings. The van der Waals surface area contributed by atoms with Gasteiger partial charge in [0, 0.05) is 12.2 Å². The molecule has 6 N–H and O–H groups in total. The van der Waals surface area contributed by atoms with E-state index in [1.807, 2.05) is 0 Å². The zero-order valence-electron chi connectivity index (χ0n) is 14.6. The van der Waals surface area contributed by atoms with Crippen molar-refractivity contribution in [3.05, 3.63) is 0 Å². The van der Waals surface area contributed by atoms with E-state index in [4.69, 9.17) is 10.2 Å². The second-order valence-electron chi connectivity index (χ2n) is 6.00. The first kappa shape index (κ1) is 22.7. The monoisotopic (exact) mass is 404 g/mol. The molecule has 1 aliphatic heterocycles. The molecule has 3 unspecified atom stereocenters. The molecule has 27 heavy (non-hydrogen) atoms. The first-order valence-corrected chi connectivity index (χ1v) is 9.04. The minimum atomic E-state index is -1.31. The smallest absolute Gasteiger partial charge is 0.327 e. The van der Waals surface area contributed by atoms with Crippen LogP contribution in [0.4, 0.5) is 0 Å². The number of rotatable bonds is 11. The Labute approximate surface area is 161 Å². The Morgan fingerprint density at radius 3 is 2.33 bits per heavy atom. The number of nitrogens with one attached hydrogen (secondary N) is 4. The summed E-state index contributed by atoms with van der Waals surface area (Å²) in [5, 5.41) is 27.6. The van der Waals surface area contributed by atoms with Crippen molar-refractivity contribution < 1.29 is 34.2 Å². The number of aliphatic carboxylic acids is 2. The van der Waals surface area contributed by atoms with E-state index in [1.165, 1.54) is 0 Å². The zero-order chi connectivity index (χ0) is 20.4. The highest BCUT2D eigenvalue weighted by atomic mass is 32.1. The molecule has 1 saturated heterocycles. The minimum Gasteiger partial charge on any atom is -0.481 e. The summed E-state index contributed by atoms with van der Waals surface area (Å²) in [5.74, 6) is -4.52. The van der Waals surface area contributed by atoms with Gasteiger partial charge in [0.25, 0.3) is 0 Å².